The van der Waals surface area contributed by atoms with E-state index in [1.165, 1.54) is 42.7 Å². The van der Waals surface area contributed by atoms with E-state index in [-0.39, 0.29) is 64.5 Å². The van der Waals surface area contributed by atoms with Crippen LogP contribution in [-0.4, -0.2) is 66.8 Å². The first-order valence-corrected chi connectivity index (χ1v) is 15.0. The highest BCUT2D eigenvalue weighted by Crippen LogP contribution is 2.42. The van der Waals surface area contributed by atoms with Crippen LogP contribution in [-0.2, 0) is 9.59 Å². The van der Waals surface area contributed by atoms with Gasteiger partial charge in [0.15, 0.2) is 34.5 Å². The van der Waals surface area contributed by atoms with Gasteiger partial charge in [-0.05, 0) is 53.7 Å². The number of allylic oxidation sites excluding steroid dienone is 1. The number of rotatable bonds is 13. The second kappa shape index (κ2) is 14.4. The number of carbonyl (C=O) groups excluding carboxylic acids is 2. The van der Waals surface area contributed by atoms with Gasteiger partial charge in [0.25, 0.3) is 0 Å². The molecule has 1 aliphatic heterocycles. The lowest BCUT2D eigenvalue weighted by Gasteiger charge is -2.17. The van der Waals surface area contributed by atoms with Crippen LogP contribution in [0.15, 0.2) is 56.6 Å². The van der Waals surface area contributed by atoms with Crippen molar-refractivity contribution in [3.8, 4) is 57.3 Å². The third kappa shape index (κ3) is 6.80. The monoisotopic (exact) mass is 664 g/mol. The molecule has 1 fully saturated rings. The average Bonchev–Trinajstić information content (AvgIpc) is 3.41. The van der Waals surface area contributed by atoms with Gasteiger partial charge in [-0.15, -0.1) is 0 Å². The topological polar surface area (TPSA) is 138 Å². The molecule has 1 saturated heterocycles. The van der Waals surface area contributed by atoms with Gasteiger partial charge < -0.3 is 42.3 Å². The number of hydrogen-bond acceptors (Lipinski definition) is 13. The van der Waals surface area contributed by atoms with Crippen molar-refractivity contribution in [3.63, 3.8) is 0 Å². The molecule has 0 saturated carbocycles. The fraction of sp³-hybridized carbons (Fsp3) is 0.265. The summed E-state index contributed by atoms with van der Waals surface area (Å²) in [7, 11) is 8.89. The predicted molar refractivity (Wildman–Crippen MR) is 175 cm³/mol. The molecule has 246 valence electrons. The first kappa shape index (κ1) is 33.1. The van der Waals surface area contributed by atoms with Gasteiger partial charge in [0.2, 0.25) is 22.0 Å². The molecule has 0 N–H and O–H groups in total. The Hall–Kier alpha value is -5.30. The molecule has 0 radical (unpaired) electrons. The van der Waals surface area contributed by atoms with Crippen molar-refractivity contribution in [1.29, 1.82) is 0 Å². The number of carbonyl (C=O) groups is 2. The van der Waals surface area contributed by atoms with Crippen LogP contribution in [0.3, 0.4) is 0 Å². The van der Waals surface area contributed by atoms with Crippen LogP contribution >= 0.6 is 11.8 Å². The highest BCUT2D eigenvalue weighted by atomic mass is 32.2. The van der Waals surface area contributed by atoms with Gasteiger partial charge in [-0.3, -0.25) is 14.4 Å². The third-order valence-electron chi connectivity index (χ3n) is 7.15. The highest BCUT2D eigenvalue weighted by Gasteiger charge is 2.27. The van der Waals surface area contributed by atoms with Crippen LogP contribution in [0.2, 0.25) is 0 Å². The quantitative estimate of drug-likeness (QED) is 0.100. The Balaban J connectivity index is 1.48. The standard InChI is InChI=1S/C34H32O12S/c1-38-20-15-24(41-4)30-25(16-20)46-32(19-7-8-22(39-2)23(14-19)40-3)34(31(30)37)45-10-9-44-33-26(42-5)11-18(12-27(33)43-6)13-28-21(35)17-29(36)47-28/h7-8,11-16H,9-10,17H2,1-6H3/b28-13-. The Morgan fingerprint density at radius 3 is 1.91 bits per heavy atom. The number of ether oxygens (including phenoxy) is 8. The summed E-state index contributed by atoms with van der Waals surface area (Å²) in [4.78, 5) is 38.1. The zero-order chi connectivity index (χ0) is 33.7. The lowest BCUT2D eigenvalue weighted by atomic mass is 10.1. The number of benzene rings is 3. The summed E-state index contributed by atoms with van der Waals surface area (Å²) < 4.78 is 51.1. The lowest BCUT2D eigenvalue weighted by molar-refractivity contribution is -0.119. The molecule has 0 aliphatic carbocycles. The van der Waals surface area contributed by atoms with Crippen molar-refractivity contribution >= 4 is 39.7 Å². The summed E-state index contributed by atoms with van der Waals surface area (Å²) in [5.74, 6) is 2.36. The van der Waals surface area contributed by atoms with E-state index in [2.05, 4.69) is 0 Å². The molecule has 5 rings (SSSR count). The van der Waals surface area contributed by atoms with Crippen LogP contribution < -0.4 is 43.3 Å². The minimum Gasteiger partial charge on any atom is -0.496 e. The molecule has 12 nitrogen and oxygen atoms in total. The maximum atomic E-state index is 14.0. The van der Waals surface area contributed by atoms with Crippen molar-refractivity contribution < 1.29 is 51.9 Å². The fourth-order valence-electron chi connectivity index (χ4n) is 4.93. The van der Waals surface area contributed by atoms with Gasteiger partial charge in [0.1, 0.15) is 35.7 Å². The summed E-state index contributed by atoms with van der Waals surface area (Å²) in [5, 5.41) is -0.0323. The second-order valence-corrected chi connectivity index (χ2v) is 11.0. The second-order valence-electron chi connectivity index (χ2n) is 9.90. The molecule has 2 heterocycles. The molecule has 13 heteroatoms. The van der Waals surface area contributed by atoms with E-state index in [0.29, 0.717) is 44.8 Å². The molecule has 1 aliphatic rings. The number of fused-ring (bicyclic) bond motifs is 1. The van der Waals surface area contributed by atoms with Crippen molar-refractivity contribution in [2.45, 2.75) is 6.42 Å². The van der Waals surface area contributed by atoms with Crippen LogP contribution in [0.5, 0.6) is 46.0 Å². The largest absolute Gasteiger partial charge is 0.496 e. The Kier molecular flexibility index (Phi) is 10.1. The number of hydrogen-bond donors (Lipinski definition) is 0. The molecule has 3 aromatic carbocycles. The third-order valence-corrected chi connectivity index (χ3v) is 8.09. The Bertz CT molecular complexity index is 1900. The summed E-state index contributed by atoms with van der Waals surface area (Å²) in [6.07, 6.45) is 1.48. The summed E-state index contributed by atoms with van der Waals surface area (Å²) in [5.41, 5.74) is 0.840. The number of ketones is 1. The number of Topliss-reactive ketones (excluding diaryl/α,β-unsaturated/α-hetero) is 1. The Labute approximate surface area is 274 Å². The Morgan fingerprint density at radius 2 is 1.34 bits per heavy atom. The first-order chi connectivity index (χ1) is 22.7. The predicted octanol–water partition coefficient (Wildman–Crippen LogP) is 5.54. The Morgan fingerprint density at radius 1 is 0.702 bits per heavy atom. The van der Waals surface area contributed by atoms with Crippen LogP contribution in [0.25, 0.3) is 28.4 Å². The molecule has 0 amide bonds. The zero-order valence-electron chi connectivity index (χ0n) is 26.5. The van der Waals surface area contributed by atoms with Crippen molar-refractivity contribution in [3.05, 3.63) is 63.2 Å². The smallest absolute Gasteiger partial charge is 0.239 e. The van der Waals surface area contributed by atoms with Crippen LogP contribution in [0, 0.1) is 0 Å². The summed E-state index contributed by atoms with van der Waals surface area (Å²) >= 11 is 0.906. The normalized spacial score (nSPS) is 13.5. The zero-order valence-corrected chi connectivity index (χ0v) is 27.4. The molecule has 0 spiro atoms. The number of methoxy groups -OCH3 is 6. The van der Waals surface area contributed by atoms with Gasteiger partial charge >= 0.3 is 0 Å². The van der Waals surface area contributed by atoms with E-state index < -0.39 is 5.43 Å². The van der Waals surface area contributed by atoms with Gasteiger partial charge in [-0.2, -0.15) is 0 Å². The first-order valence-electron chi connectivity index (χ1n) is 14.2. The van der Waals surface area contributed by atoms with Gasteiger partial charge in [0, 0.05) is 17.7 Å². The maximum Gasteiger partial charge on any atom is 0.239 e. The molecule has 0 bridgehead atoms. The highest BCUT2D eigenvalue weighted by molar-refractivity contribution is 8.18. The van der Waals surface area contributed by atoms with E-state index in [1.807, 2.05) is 0 Å². The molecule has 0 unspecified atom stereocenters. The van der Waals surface area contributed by atoms with Crippen LogP contribution in [0.4, 0.5) is 0 Å². The minimum absolute atomic E-state index is 0.0292. The number of thioether (sulfide) groups is 1. The SMILES string of the molecule is COc1cc(OC)c2c(=O)c(OCCOc3c(OC)cc(/C=C4\SC(=O)CC4=O)cc3OC)c(-c3ccc(OC)c(OC)c3)oc2c1. The average molecular weight is 665 g/mol. The van der Waals surface area contributed by atoms with E-state index in [9.17, 15) is 14.4 Å². The molecule has 1 aromatic heterocycles. The van der Waals surface area contributed by atoms with Gasteiger partial charge in [0.05, 0.1) is 54.0 Å². The molecular weight excluding hydrogens is 632 g/mol. The molecule has 0 atom stereocenters. The van der Waals surface area contributed by atoms with E-state index in [0.717, 1.165) is 11.8 Å². The molecule has 47 heavy (non-hydrogen) atoms. The summed E-state index contributed by atoms with van der Waals surface area (Å²) in [6.45, 7) is -0.112. The lowest BCUT2D eigenvalue weighted by Crippen LogP contribution is -2.16. The maximum absolute atomic E-state index is 14.0. The van der Waals surface area contributed by atoms with E-state index in [4.69, 9.17) is 42.3 Å². The summed E-state index contributed by atoms with van der Waals surface area (Å²) in [6, 6.07) is 11.6. The van der Waals surface area contributed by atoms with E-state index in [1.54, 1.807) is 48.5 Å². The van der Waals surface area contributed by atoms with Gasteiger partial charge in [-0.1, -0.05) is 0 Å². The van der Waals surface area contributed by atoms with Crippen molar-refractivity contribution in [1.82, 2.24) is 0 Å². The van der Waals surface area contributed by atoms with E-state index >= 15 is 0 Å². The fourth-order valence-corrected chi connectivity index (χ4v) is 5.76. The van der Waals surface area contributed by atoms with Crippen LogP contribution in [0.1, 0.15) is 12.0 Å². The minimum atomic E-state index is -0.471. The van der Waals surface area contributed by atoms with Crippen molar-refractivity contribution in [2.75, 3.05) is 55.9 Å². The molecular formula is C34H32O12S. The van der Waals surface area contributed by atoms with Gasteiger partial charge in [-0.25, -0.2) is 0 Å². The molecule has 4 aromatic rings. The van der Waals surface area contributed by atoms with Crippen molar-refractivity contribution in [2.24, 2.45) is 0 Å².